The Balaban J connectivity index is 0.00000274. The topological polar surface area (TPSA) is 216 Å². The summed E-state index contributed by atoms with van der Waals surface area (Å²) >= 11 is 1.34. The van der Waals surface area contributed by atoms with Crippen molar-refractivity contribution in [3.8, 4) is 29.2 Å². The molecule has 5 amide bonds. The number of terminal acetylenes is 1. The molecule has 0 unspecified atom stereocenters. The molecule has 5 N–H and O–H groups in total. The molecule has 1 aliphatic carbocycles. The Bertz CT molecular complexity index is 1670. The molecule has 2 aromatic rings. The van der Waals surface area contributed by atoms with E-state index in [2.05, 4.69) is 47.6 Å². The van der Waals surface area contributed by atoms with Gasteiger partial charge in [-0.25, -0.2) is 9.78 Å². The highest BCUT2D eigenvalue weighted by molar-refractivity contribution is 7.13. The average Bonchev–Trinajstić information content (AvgIpc) is 3.64. The number of hydrogen-bond donors (Lipinski definition) is 4. The standard InChI is InChI=1S/C36H54N6O7S.C4H8.C3H6O.C2H2.CH2O/c1-5-6-7-9-15-26(22-30(43)38-4)36(2,3)41-33(46)29-17-13-18-42(29)31(44)23-39-35(47)49-20-11-8-10-19-48-27-16-12-14-25(21-27)34-40-28(24-50-34)32(37)45;1-4-2-3-4;1-3(2)4;2*1-2/h12,14,16,21,24,26,29H,5-11,13,15,17-20,22-23H2,1-4H3,(H2,37,45)(H,38,43)(H,39,47)(H,41,46);4H,2-3H2,1H3;1-2H3;1-2H;1H2/t26-,29-;;;;/m0..../s1. The van der Waals surface area contributed by atoms with Crippen LogP contribution in [-0.4, -0.2) is 97.1 Å². The second-order valence-electron chi connectivity index (χ2n) is 15.8. The Kier molecular flexibility index (Phi) is 29.6. The van der Waals surface area contributed by atoms with Gasteiger partial charge in [-0.2, -0.15) is 0 Å². The second-order valence-corrected chi connectivity index (χ2v) is 16.7. The van der Waals surface area contributed by atoms with E-state index in [1.54, 1.807) is 12.4 Å². The quantitative estimate of drug-likeness (QED) is 0.0754. The first kappa shape index (κ1) is 56.7. The third kappa shape index (κ3) is 24.2. The summed E-state index contributed by atoms with van der Waals surface area (Å²) in [6.45, 7) is 14.2. The van der Waals surface area contributed by atoms with Gasteiger partial charge in [-0.15, -0.1) is 24.2 Å². The molecule has 1 aromatic carbocycles. The maximum absolute atomic E-state index is 13.4. The Morgan fingerprint density at radius 2 is 1.63 bits per heavy atom. The van der Waals surface area contributed by atoms with Crippen molar-refractivity contribution in [1.82, 2.24) is 25.8 Å². The number of ether oxygens (including phenoxy) is 2. The first-order valence-electron chi connectivity index (χ1n) is 21.4. The first-order chi connectivity index (χ1) is 29.6. The summed E-state index contributed by atoms with van der Waals surface area (Å²) in [5.41, 5.74) is 5.72. The van der Waals surface area contributed by atoms with Gasteiger partial charge in [-0.1, -0.05) is 64.5 Å². The van der Waals surface area contributed by atoms with E-state index < -0.39 is 23.6 Å². The number of nitrogens with two attached hydrogens (primary N) is 1. The number of carbonyl (C=O) groups excluding carboxylic acids is 7. The van der Waals surface area contributed by atoms with Gasteiger partial charge in [0, 0.05) is 36.5 Å². The lowest BCUT2D eigenvalue weighted by Gasteiger charge is -2.37. The molecule has 2 heterocycles. The van der Waals surface area contributed by atoms with E-state index in [4.69, 9.17) is 20.0 Å². The van der Waals surface area contributed by atoms with E-state index in [1.807, 2.05) is 44.9 Å². The molecule has 1 saturated heterocycles. The molecule has 1 aromatic heterocycles. The molecule has 2 fully saturated rings. The maximum Gasteiger partial charge on any atom is 0.407 e. The molecule has 0 radical (unpaired) electrons. The third-order valence-corrected chi connectivity index (χ3v) is 10.7. The molecule has 346 valence electrons. The number of primary amides is 1. The number of likely N-dealkylation sites (tertiary alicyclic amines) is 1. The number of unbranched alkanes of at least 4 members (excludes halogenated alkanes) is 5. The number of ketones is 1. The number of thiazole rings is 1. The van der Waals surface area contributed by atoms with Gasteiger partial charge in [0.1, 0.15) is 41.6 Å². The van der Waals surface area contributed by atoms with Crippen molar-refractivity contribution in [1.29, 1.82) is 0 Å². The predicted octanol–water partition coefficient (Wildman–Crippen LogP) is 6.87. The minimum absolute atomic E-state index is 0.0511. The Hall–Kier alpha value is -5.30. The summed E-state index contributed by atoms with van der Waals surface area (Å²) in [6.07, 6.45) is 19.1. The number of nitrogens with zero attached hydrogens (tertiary/aromatic N) is 2. The fraction of sp³-hybridized carbons (Fsp3) is 0.609. The predicted molar refractivity (Wildman–Crippen MR) is 244 cm³/mol. The number of nitrogens with one attached hydrogen (secondary N) is 3. The summed E-state index contributed by atoms with van der Waals surface area (Å²) in [5, 5.41) is 10.7. The Morgan fingerprint density at radius 1 is 1.00 bits per heavy atom. The summed E-state index contributed by atoms with van der Waals surface area (Å²) in [6, 6.07) is 6.82. The van der Waals surface area contributed by atoms with Crippen LogP contribution >= 0.6 is 11.3 Å². The van der Waals surface area contributed by atoms with Crippen molar-refractivity contribution in [3.05, 3.63) is 35.3 Å². The molecule has 16 heteroatoms. The number of hydrogen-bond acceptors (Lipinski definition) is 11. The van der Waals surface area contributed by atoms with Crippen molar-refractivity contribution < 1.29 is 43.0 Å². The summed E-state index contributed by atoms with van der Waals surface area (Å²) in [4.78, 5) is 85.5. The summed E-state index contributed by atoms with van der Waals surface area (Å²) in [7, 11) is 1.62. The molecule has 1 aliphatic heterocycles. The van der Waals surface area contributed by atoms with E-state index in [0.29, 0.717) is 49.6 Å². The summed E-state index contributed by atoms with van der Waals surface area (Å²) in [5.74, 6) is 0.668. The molecule has 2 aliphatic rings. The molecule has 4 rings (SSSR count). The number of carbonyl (C=O) groups is 7. The zero-order valence-corrected chi connectivity index (χ0v) is 38.9. The monoisotopic (exact) mass is 885 g/mol. The van der Waals surface area contributed by atoms with Crippen molar-refractivity contribution in [2.45, 2.75) is 137 Å². The number of rotatable bonds is 21. The van der Waals surface area contributed by atoms with E-state index in [9.17, 15) is 28.8 Å². The molecule has 1 saturated carbocycles. The van der Waals surface area contributed by atoms with Crippen LogP contribution in [0.15, 0.2) is 29.6 Å². The van der Waals surface area contributed by atoms with Crippen molar-refractivity contribution in [3.63, 3.8) is 0 Å². The SMILES string of the molecule is C#C.C=O.CC(C)=O.CC1CC1.CCCCCC[C@@H](CC(=O)NC)C(C)(C)NC(=O)[C@@H]1CCCN1C(=O)CNC(=O)OCCCCCOc1cccc(-c2nc(C(N)=O)cs2)c1. The van der Waals surface area contributed by atoms with Crippen molar-refractivity contribution in [2.75, 3.05) is 33.4 Å². The lowest BCUT2D eigenvalue weighted by atomic mass is 9.80. The number of amides is 5. The van der Waals surface area contributed by atoms with E-state index >= 15 is 0 Å². The number of benzene rings is 1. The van der Waals surface area contributed by atoms with Gasteiger partial charge in [0.2, 0.25) is 17.7 Å². The maximum atomic E-state index is 13.4. The van der Waals surface area contributed by atoms with Gasteiger partial charge in [0.15, 0.2) is 0 Å². The third-order valence-electron chi connectivity index (χ3n) is 9.84. The number of alkyl carbamates (subject to hydrolysis) is 1. The van der Waals surface area contributed by atoms with Crippen molar-refractivity contribution >= 4 is 53.6 Å². The normalized spacial score (nSPS) is 14.2. The van der Waals surface area contributed by atoms with E-state index in [0.717, 1.165) is 56.4 Å². The molecule has 0 spiro atoms. The molecule has 62 heavy (non-hydrogen) atoms. The van der Waals surface area contributed by atoms with Gasteiger partial charge in [-0.3, -0.25) is 19.2 Å². The van der Waals surface area contributed by atoms with Gasteiger partial charge in [0.05, 0.1) is 13.2 Å². The molecule has 2 atom stereocenters. The average molecular weight is 885 g/mol. The Morgan fingerprint density at radius 3 is 2.21 bits per heavy atom. The number of Topliss-reactive ketones (excluding diaryl/α,β-unsaturated/α-hetero) is 1. The van der Waals surface area contributed by atoms with Crippen LogP contribution in [0.5, 0.6) is 5.75 Å². The van der Waals surface area contributed by atoms with Crippen LogP contribution < -0.4 is 26.4 Å². The Labute approximate surface area is 373 Å². The van der Waals surface area contributed by atoms with Crippen LogP contribution in [0.1, 0.15) is 136 Å². The minimum atomic E-state index is -0.686. The van der Waals surface area contributed by atoms with Gasteiger partial charge >= 0.3 is 6.09 Å². The lowest BCUT2D eigenvalue weighted by Crippen LogP contribution is -2.56. The smallest absolute Gasteiger partial charge is 0.407 e. The van der Waals surface area contributed by atoms with Crippen LogP contribution in [0.3, 0.4) is 0 Å². The van der Waals surface area contributed by atoms with Crippen LogP contribution in [0.4, 0.5) is 4.79 Å². The minimum Gasteiger partial charge on any atom is -0.494 e. The highest BCUT2D eigenvalue weighted by Gasteiger charge is 2.39. The van der Waals surface area contributed by atoms with Gasteiger partial charge in [-0.05, 0) is 90.2 Å². The highest BCUT2D eigenvalue weighted by Crippen LogP contribution is 2.29. The van der Waals surface area contributed by atoms with Crippen LogP contribution in [-0.2, 0) is 28.7 Å². The van der Waals surface area contributed by atoms with Crippen molar-refractivity contribution in [2.24, 2.45) is 17.6 Å². The zero-order chi connectivity index (χ0) is 47.1. The molecular weight excluding hydrogens is 813 g/mol. The van der Waals surface area contributed by atoms with Crippen LogP contribution in [0, 0.1) is 24.7 Å². The lowest BCUT2D eigenvalue weighted by molar-refractivity contribution is -0.138. The first-order valence-corrected chi connectivity index (χ1v) is 22.3. The fourth-order valence-electron chi connectivity index (χ4n) is 6.14. The van der Waals surface area contributed by atoms with Gasteiger partial charge in [0.25, 0.3) is 5.91 Å². The summed E-state index contributed by atoms with van der Waals surface area (Å²) < 4.78 is 11.1. The van der Waals surface area contributed by atoms with Crippen LogP contribution in [0.2, 0.25) is 0 Å². The fourth-order valence-corrected chi connectivity index (χ4v) is 6.95. The molecule has 0 bridgehead atoms. The van der Waals surface area contributed by atoms with E-state index in [-0.39, 0.29) is 48.3 Å². The van der Waals surface area contributed by atoms with Crippen LogP contribution in [0.25, 0.3) is 10.6 Å². The van der Waals surface area contributed by atoms with Gasteiger partial charge < -0.3 is 45.6 Å². The highest BCUT2D eigenvalue weighted by atomic mass is 32.1. The molecule has 15 nitrogen and oxygen atoms in total. The number of aromatic nitrogens is 1. The second kappa shape index (κ2) is 32.4. The zero-order valence-electron chi connectivity index (χ0n) is 38.1. The molecular formula is C46H72N6O9S. The van der Waals surface area contributed by atoms with E-state index in [1.165, 1.54) is 42.9 Å². The largest absolute Gasteiger partial charge is 0.494 e.